The van der Waals surface area contributed by atoms with Gasteiger partial charge in [0.1, 0.15) is 6.61 Å². The molecule has 2 amide bonds. The highest BCUT2D eigenvalue weighted by atomic mass is 127. The molecule has 0 aliphatic heterocycles. The van der Waals surface area contributed by atoms with E-state index in [9.17, 15) is 9.59 Å². The number of carbonyl (C=O) groups is 2. The first-order valence-electron chi connectivity index (χ1n) is 7.85. The molecule has 0 aromatic heterocycles. The van der Waals surface area contributed by atoms with Crippen LogP contribution >= 0.6 is 45.8 Å². The number of halogens is 3. The molecule has 2 rings (SSSR count). The van der Waals surface area contributed by atoms with Crippen molar-refractivity contribution in [1.29, 1.82) is 0 Å². The third-order valence-corrected chi connectivity index (χ3v) is 5.00. The lowest BCUT2D eigenvalue weighted by Gasteiger charge is -2.14. The van der Waals surface area contributed by atoms with Crippen LogP contribution in [-0.4, -0.2) is 32.2 Å². The van der Waals surface area contributed by atoms with Crippen molar-refractivity contribution in [2.24, 2.45) is 5.10 Å². The zero-order valence-corrected chi connectivity index (χ0v) is 18.6. The second kappa shape index (κ2) is 10.5. The molecule has 0 unspecified atom stereocenters. The standard InChI is InChI=1S/C18H16Cl2IN3O4/c1-22-17(25)18(26)24-23-8-10-6-14(21)16(15(7-10)27-2)28-9-11-12(19)4-3-5-13(11)20/h3-8H,9H2,1-2H3,(H,22,25)(H,24,26)/b23-8-. The smallest absolute Gasteiger partial charge is 0.329 e. The minimum Gasteiger partial charge on any atom is -0.493 e. The number of hydrazone groups is 1. The largest absolute Gasteiger partial charge is 0.493 e. The highest BCUT2D eigenvalue weighted by Gasteiger charge is 2.14. The van der Waals surface area contributed by atoms with Gasteiger partial charge < -0.3 is 14.8 Å². The number of benzene rings is 2. The minimum atomic E-state index is -0.864. The molecule has 0 bridgehead atoms. The topological polar surface area (TPSA) is 89.0 Å². The molecule has 0 fully saturated rings. The molecule has 2 N–H and O–H groups in total. The van der Waals surface area contributed by atoms with E-state index in [1.54, 1.807) is 30.3 Å². The molecule has 0 atom stereocenters. The van der Waals surface area contributed by atoms with Crippen LogP contribution in [0.25, 0.3) is 0 Å². The first-order chi connectivity index (χ1) is 13.4. The summed E-state index contributed by atoms with van der Waals surface area (Å²) in [6.07, 6.45) is 1.39. The maximum atomic E-state index is 11.4. The van der Waals surface area contributed by atoms with Crippen LogP contribution in [0.2, 0.25) is 10.0 Å². The second-order valence-electron chi connectivity index (χ2n) is 5.30. The quantitative estimate of drug-likeness (QED) is 0.257. The van der Waals surface area contributed by atoms with Crippen molar-refractivity contribution in [2.75, 3.05) is 14.2 Å². The van der Waals surface area contributed by atoms with E-state index in [2.05, 4.69) is 38.4 Å². The van der Waals surface area contributed by atoms with Crippen molar-refractivity contribution in [1.82, 2.24) is 10.7 Å². The Balaban J connectivity index is 2.17. The van der Waals surface area contributed by atoms with E-state index in [0.717, 1.165) is 3.57 Å². The first-order valence-corrected chi connectivity index (χ1v) is 9.69. The van der Waals surface area contributed by atoms with Gasteiger partial charge in [0, 0.05) is 22.7 Å². The Labute approximate surface area is 185 Å². The van der Waals surface area contributed by atoms with Crippen LogP contribution in [0, 0.1) is 3.57 Å². The summed E-state index contributed by atoms with van der Waals surface area (Å²) >= 11 is 14.4. The molecule has 0 saturated carbocycles. The van der Waals surface area contributed by atoms with Gasteiger partial charge in [-0.2, -0.15) is 5.10 Å². The molecule has 2 aromatic carbocycles. The Morgan fingerprint density at radius 1 is 1.21 bits per heavy atom. The zero-order valence-electron chi connectivity index (χ0n) is 14.9. The predicted molar refractivity (Wildman–Crippen MR) is 116 cm³/mol. The zero-order chi connectivity index (χ0) is 20.7. The SMILES string of the molecule is CNC(=O)C(=O)N/N=C\c1cc(I)c(OCc2c(Cl)cccc2Cl)c(OC)c1. The van der Waals surface area contributed by atoms with Crippen LogP contribution in [0.4, 0.5) is 0 Å². The van der Waals surface area contributed by atoms with Crippen molar-refractivity contribution in [3.05, 3.63) is 55.1 Å². The average molecular weight is 536 g/mol. The van der Waals surface area contributed by atoms with E-state index in [0.29, 0.717) is 32.7 Å². The fourth-order valence-electron chi connectivity index (χ4n) is 2.10. The molecule has 0 aliphatic rings. The van der Waals surface area contributed by atoms with Crippen LogP contribution in [0.3, 0.4) is 0 Å². The Morgan fingerprint density at radius 3 is 2.50 bits per heavy atom. The van der Waals surface area contributed by atoms with E-state index in [1.807, 2.05) is 0 Å². The van der Waals surface area contributed by atoms with Crippen LogP contribution < -0.4 is 20.2 Å². The van der Waals surface area contributed by atoms with E-state index in [-0.39, 0.29) is 6.61 Å². The Bertz CT molecular complexity index is 902. The van der Waals surface area contributed by atoms with Crippen LogP contribution in [0.15, 0.2) is 35.4 Å². The summed E-state index contributed by atoms with van der Waals surface area (Å²) in [5.74, 6) is -0.664. The summed E-state index contributed by atoms with van der Waals surface area (Å²) in [5.41, 5.74) is 3.44. The normalized spacial score (nSPS) is 10.6. The number of nitrogens with zero attached hydrogens (tertiary/aromatic N) is 1. The van der Waals surface area contributed by atoms with Gasteiger partial charge >= 0.3 is 11.8 Å². The third kappa shape index (κ3) is 5.73. The second-order valence-corrected chi connectivity index (χ2v) is 7.28. The molecule has 10 heteroatoms. The number of rotatable bonds is 6. The van der Waals surface area contributed by atoms with Gasteiger partial charge in [-0.25, -0.2) is 5.43 Å². The number of amides is 2. The van der Waals surface area contributed by atoms with Crippen molar-refractivity contribution < 1.29 is 19.1 Å². The van der Waals surface area contributed by atoms with Crippen LogP contribution in [0.1, 0.15) is 11.1 Å². The molecule has 0 heterocycles. The lowest BCUT2D eigenvalue weighted by atomic mass is 10.2. The number of likely N-dealkylation sites (N-methyl/N-ethyl adjacent to an activating group) is 1. The molecule has 0 spiro atoms. The van der Waals surface area contributed by atoms with Gasteiger partial charge in [0.25, 0.3) is 0 Å². The van der Waals surface area contributed by atoms with Crippen molar-refractivity contribution >= 4 is 63.8 Å². The lowest BCUT2D eigenvalue weighted by molar-refractivity contribution is -0.138. The van der Waals surface area contributed by atoms with E-state index in [4.69, 9.17) is 32.7 Å². The number of ether oxygens (including phenoxy) is 2. The van der Waals surface area contributed by atoms with Crippen LogP contribution in [-0.2, 0) is 16.2 Å². The predicted octanol–water partition coefficient (Wildman–Crippen LogP) is 3.38. The Hall–Kier alpha value is -2.04. The van der Waals surface area contributed by atoms with Gasteiger partial charge in [0.05, 0.1) is 16.9 Å². The lowest BCUT2D eigenvalue weighted by Crippen LogP contribution is -2.35. The van der Waals surface area contributed by atoms with Crippen molar-refractivity contribution in [2.45, 2.75) is 6.61 Å². The fraction of sp³-hybridized carbons (Fsp3) is 0.167. The molecule has 148 valence electrons. The maximum absolute atomic E-state index is 11.4. The molecule has 0 radical (unpaired) electrons. The van der Waals surface area contributed by atoms with Gasteiger partial charge in [-0.3, -0.25) is 9.59 Å². The summed E-state index contributed by atoms with van der Waals surface area (Å²) in [5, 5.41) is 6.98. The molecule has 0 aliphatic carbocycles. The maximum Gasteiger partial charge on any atom is 0.329 e. The summed E-state index contributed by atoms with van der Waals surface area (Å²) in [7, 11) is 2.86. The highest BCUT2D eigenvalue weighted by Crippen LogP contribution is 2.35. The van der Waals surface area contributed by atoms with Gasteiger partial charge in [-0.1, -0.05) is 29.3 Å². The molecule has 7 nitrogen and oxygen atoms in total. The third-order valence-electron chi connectivity index (χ3n) is 3.49. The van der Waals surface area contributed by atoms with Crippen molar-refractivity contribution in [3.8, 4) is 11.5 Å². The molecular formula is C18H16Cl2IN3O4. The number of hydrogen-bond donors (Lipinski definition) is 2. The Morgan fingerprint density at radius 2 is 1.89 bits per heavy atom. The van der Waals surface area contributed by atoms with Gasteiger partial charge in [0.15, 0.2) is 11.5 Å². The van der Waals surface area contributed by atoms with Gasteiger partial charge in [-0.15, -0.1) is 0 Å². The van der Waals surface area contributed by atoms with Crippen LogP contribution in [0.5, 0.6) is 11.5 Å². The fourth-order valence-corrected chi connectivity index (χ4v) is 3.39. The number of carbonyl (C=O) groups excluding carboxylic acids is 2. The summed E-state index contributed by atoms with van der Waals surface area (Å²) in [4.78, 5) is 22.5. The summed E-state index contributed by atoms with van der Waals surface area (Å²) in [6.45, 7) is 0.167. The molecular weight excluding hydrogens is 520 g/mol. The van der Waals surface area contributed by atoms with E-state index in [1.165, 1.54) is 20.4 Å². The molecule has 0 saturated heterocycles. The van der Waals surface area contributed by atoms with Gasteiger partial charge in [-0.05, 0) is 52.4 Å². The number of methoxy groups -OCH3 is 1. The monoisotopic (exact) mass is 535 g/mol. The highest BCUT2D eigenvalue weighted by molar-refractivity contribution is 14.1. The number of nitrogens with one attached hydrogen (secondary N) is 2. The average Bonchev–Trinajstić information content (AvgIpc) is 2.67. The van der Waals surface area contributed by atoms with Gasteiger partial charge in [0.2, 0.25) is 0 Å². The summed E-state index contributed by atoms with van der Waals surface area (Å²) < 4.78 is 12.0. The number of hydrogen-bond acceptors (Lipinski definition) is 5. The minimum absolute atomic E-state index is 0.167. The first kappa shape index (κ1) is 22.3. The summed E-state index contributed by atoms with van der Waals surface area (Å²) in [6, 6.07) is 8.70. The van der Waals surface area contributed by atoms with E-state index >= 15 is 0 Å². The molecule has 28 heavy (non-hydrogen) atoms. The van der Waals surface area contributed by atoms with Crippen molar-refractivity contribution in [3.63, 3.8) is 0 Å². The Kier molecular flexibility index (Phi) is 8.34. The molecule has 2 aromatic rings. The van der Waals surface area contributed by atoms with E-state index < -0.39 is 11.8 Å².